The highest BCUT2D eigenvalue weighted by molar-refractivity contribution is 9.09. The molecule has 2 aromatic carbocycles. The predicted octanol–water partition coefficient (Wildman–Crippen LogP) is 3.60. The van der Waals surface area contributed by atoms with Crippen molar-refractivity contribution in [1.82, 2.24) is 5.32 Å². The SMILES string of the molecule is O=C1NCCc2ccc(C(Br)c3ccccc3F)cc21. The van der Waals surface area contributed by atoms with Gasteiger partial charge in [-0.25, -0.2) is 4.39 Å². The number of alkyl halides is 1. The smallest absolute Gasteiger partial charge is 0.251 e. The molecular formula is C16H13BrFNO. The van der Waals surface area contributed by atoms with Crippen molar-refractivity contribution in [2.45, 2.75) is 11.2 Å². The molecule has 3 rings (SSSR count). The lowest BCUT2D eigenvalue weighted by atomic mass is 9.95. The molecule has 1 aliphatic rings. The Morgan fingerprint density at radius 2 is 2.00 bits per heavy atom. The van der Waals surface area contributed by atoms with E-state index in [-0.39, 0.29) is 16.6 Å². The van der Waals surface area contributed by atoms with Gasteiger partial charge < -0.3 is 5.32 Å². The van der Waals surface area contributed by atoms with Crippen molar-refractivity contribution < 1.29 is 9.18 Å². The maximum absolute atomic E-state index is 13.8. The number of hydrogen-bond donors (Lipinski definition) is 1. The average molecular weight is 334 g/mol. The summed E-state index contributed by atoms with van der Waals surface area (Å²) in [7, 11) is 0. The van der Waals surface area contributed by atoms with Crippen LogP contribution >= 0.6 is 15.9 Å². The van der Waals surface area contributed by atoms with Crippen molar-refractivity contribution in [1.29, 1.82) is 0 Å². The van der Waals surface area contributed by atoms with Crippen molar-refractivity contribution >= 4 is 21.8 Å². The topological polar surface area (TPSA) is 29.1 Å². The largest absolute Gasteiger partial charge is 0.352 e. The van der Waals surface area contributed by atoms with E-state index in [9.17, 15) is 9.18 Å². The minimum Gasteiger partial charge on any atom is -0.352 e. The van der Waals surface area contributed by atoms with E-state index in [1.54, 1.807) is 18.2 Å². The molecule has 2 aromatic rings. The van der Waals surface area contributed by atoms with Crippen molar-refractivity contribution in [3.8, 4) is 0 Å². The van der Waals surface area contributed by atoms with E-state index >= 15 is 0 Å². The Balaban J connectivity index is 2.01. The number of amides is 1. The Bertz CT molecular complexity index is 671. The number of benzene rings is 2. The highest BCUT2D eigenvalue weighted by atomic mass is 79.9. The molecule has 0 aromatic heterocycles. The van der Waals surface area contributed by atoms with Crippen LogP contribution in [-0.2, 0) is 6.42 Å². The van der Waals surface area contributed by atoms with Crippen LogP contribution in [0.5, 0.6) is 0 Å². The summed E-state index contributed by atoms with van der Waals surface area (Å²) in [4.78, 5) is 11.6. The summed E-state index contributed by atoms with van der Waals surface area (Å²) in [6, 6.07) is 12.4. The van der Waals surface area contributed by atoms with E-state index in [2.05, 4.69) is 21.2 Å². The van der Waals surface area contributed by atoms with E-state index in [4.69, 9.17) is 0 Å². The van der Waals surface area contributed by atoms with Gasteiger partial charge in [0.25, 0.3) is 5.91 Å². The van der Waals surface area contributed by atoms with Crippen molar-refractivity contribution in [2.24, 2.45) is 0 Å². The molecule has 0 radical (unpaired) electrons. The summed E-state index contributed by atoms with van der Waals surface area (Å²) >= 11 is 3.52. The molecule has 20 heavy (non-hydrogen) atoms. The van der Waals surface area contributed by atoms with Crippen LogP contribution in [0.1, 0.15) is 31.9 Å². The molecule has 0 saturated heterocycles. The quantitative estimate of drug-likeness (QED) is 0.836. The second-order valence-electron chi connectivity index (χ2n) is 4.81. The molecular weight excluding hydrogens is 321 g/mol. The summed E-state index contributed by atoms with van der Waals surface area (Å²) in [5, 5.41) is 2.83. The van der Waals surface area contributed by atoms with Crippen LogP contribution in [-0.4, -0.2) is 12.5 Å². The van der Waals surface area contributed by atoms with Gasteiger partial charge in [0.15, 0.2) is 0 Å². The Labute approximate surface area is 125 Å². The molecule has 0 fully saturated rings. The van der Waals surface area contributed by atoms with Gasteiger partial charge in [0.2, 0.25) is 0 Å². The lowest BCUT2D eigenvalue weighted by molar-refractivity contribution is 0.0946. The normalized spacial score (nSPS) is 15.4. The Kier molecular flexibility index (Phi) is 3.57. The van der Waals surface area contributed by atoms with Crippen LogP contribution < -0.4 is 5.32 Å². The first-order valence-electron chi connectivity index (χ1n) is 6.46. The number of fused-ring (bicyclic) bond motifs is 1. The number of nitrogens with one attached hydrogen (secondary N) is 1. The molecule has 0 aliphatic carbocycles. The van der Waals surface area contributed by atoms with Gasteiger partial charge in [0.05, 0.1) is 4.83 Å². The Hall–Kier alpha value is -1.68. The van der Waals surface area contributed by atoms with E-state index in [0.29, 0.717) is 17.7 Å². The number of rotatable bonds is 2. The molecule has 4 heteroatoms. The lowest BCUT2D eigenvalue weighted by Gasteiger charge is -2.19. The number of carbonyl (C=O) groups is 1. The van der Waals surface area contributed by atoms with Gasteiger partial charge in [-0.05, 0) is 29.7 Å². The van der Waals surface area contributed by atoms with Crippen LogP contribution in [0.4, 0.5) is 4.39 Å². The monoisotopic (exact) mass is 333 g/mol. The Morgan fingerprint density at radius 3 is 2.80 bits per heavy atom. The number of halogens is 2. The van der Waals surface area contributed by atoms with Gasteiger partial charge >= 0.3 is 0 Å². The first kappa shape index (κ1) is 13.3. The van der Waals surface area contributed by atoms with Crippen LogP contribution in [0.3, 0.4) is 0 Å². The Morgan fingerprint density at radius 1 is 1.20 bits per heavy atom. The fourth-order valence-electron chi connectivity index (χ4n) is 2.45. The molecule has 1 N–H and O–H groups in total. The minimum atomic E-state index is -0.260. The molecule has 102 valence electrons. The van der Waals surface area contributed by atoms with E-state index in [0.717, 1.165) is 17.5 Å². The zero-order valence-electron chi connectivity index (χ0n) is 10.7. The highest BCUT2D eigenvalue weighted by Crippen LogP contribution is 2.33. The molecule has 1 aliphatic heterocycles. The predicted molar refractivity (Wildman–Crippen MR) is 79.6 cm³/mol. The van der Waals surface area contributed by atoms with Gasteiger partial charge in [0, 0.05) is 17.7 Å². The fourth-order valence-corrected chi connectivity index (χ4v) is 3.10. The molecule has 0 bridgehead atoms. The van der Waals surface area contributed by atoms with E-state index in [1.165, 1.54) is 6.07 Å². The van der Waals surface area contributed by atoms with Gasteiger partial charge in [-0.1, -0.05) is 46.3 Å². The molecule has 1 heterocycles. The average Bonchev–Trinajstić information content (AvgIpc) is 2.47. The molecule has 1 amide bonds. The first-order valence-corrected chi connectivity index (χ1v) is 7.38. The number of hydrogen-bond acceptors (Lipinski definition) is 1. The number of carbonyl (C=O) groups excluding carboxylic acids is 1. The second kappa shape index (κ2) is 5.37. The molecule has 0 spiro atoms. The molecule has 1 unspecified atom stereocenters. The minimum absolute atomic E-state index is 0.0543. The van der Waals surface area contributed by atoms with Crippen LogP contribution in [0.25, 0.3) is 0 Å². The van der Waals surface area contributed by atoms with Crippen molar-refractivity contribution in [2.75, 3.05) is 6.54 Å². The standard InChI is InChI=1S/C16H13BrFNO/c17-15(12-3-1-2-4-14(12)18)11-6-5-10-7-8-19-16(20)13(10)9-11/h1-6,9,15H,7-8H2,(H,19,20). The maximum atomic E-state index is 13.8. The van der Waals surface area contributed by atoms with Gasteiger partial charge in [-0.2, -0.15) is 0 Å². The second-order valence-corrected chi connectivity index (χ2v) is 5.72. The maximum Gasteiger partial charge on any atom is 0.251 e. The molecule has 2 nitrogen and oxygen atoms in total. The highest BCUT2D eigenvalue weighted by Gasteiger charge is 2.20. The van der Waals surface area contributed by atoms with Crippen molar-refractivity contribution in [3.05, 3.63) is 70.5 Å². The van der Waals surface area contributed by atoms with Crippen LogP contribution in [0, 0.1) is 5.82 Å². The van der Waals surface area contributed by atoms with Crippen LogP contribution in [0.15, 0.2) is 42.5 Å². The van der Waals surface area contributed by atoms with Crippen LogP contribution in [0.2, 0.25) is 0 Å². The van der Waals surface area contributed by atoms with E-state index < -0.39 is 0 Å². The summed E-state index contributed by atoms with van der Waals surface area (Å²) < 4.78 is 13.8. The zero-order chi connectivity index (χ0) is 14.1. The van der Waals surface area contributed by atoms with Gasteiger partial charge in [0.1, 0.15) is 5.82 Å². The summed E-state index contributed by atoms with van der Waals surface area (Å²) in [6.07, 6.45) is 0.841. The van der Waals surface area contributed by atoms with E-state index in [1.807, 2.05) is 18.2 Å². The van der Waals surface area contributed by atoms with Crippen molar-refractivity contribution in [3.63, 3.8) is 0 Å². The summed E-state index contributed by atoms with van der Waals surface area (Å²) in [5.74, 6) is -0.308. The third-order valence-corrected chi connectivity index (χ3v) is 4.55. The lowest BCUT2D eigenvalue weighted by Crippen LogP contribution is -2.31. The van der Waals surface area contributed by atoms with Gasteiger partial charge in [-0.3, -0.25) is 4.79 Å². The summed E-state index contributed by atoms with van der Waals surface area (Å²) in [6.45, 7) is 0.677. The third-order valence-electron chi connectivity index (χ3n) is 3.53. The van der Waals surface area contributed by atoms with Gasteiger partial charge in [-0.15, -0.1) is 0 Å². The third kappa shape index (κ3) is 2.36. The summed E-state index contributed by atoms with van der Waals surface area (Å²) in [5.41, 5.74) is 3.19. The zero-order valence-corrected chi connectivity index (χ0v) is 12.3. The first-order chi connectivity index (χ1) is 9.66. The molecule has 1 atom stereocenters. The molecule has 0 saturated carbocycles. The fraction of sp³-hybridized carbons (Fsp3) is 0.188.